The Morgan fingerprint density at radius 1 is 1.50 bits per heavy atom. The molecule has 0 unspecified atom stereocenters. The minimum atomic E-state index is -0.728. The molecule has 5 nitrogen and oxygen atoms in total. The van der Waals surface area contributed by atoms with E-state index in [1.807, 2.05) is 5.38 Å². The van der Waals surface area contributed by atoms with E-state index in [0.717, 1.165) is 16.1 Å². The van der Waals surface area contributed by atoms with Crippen LogP contribution in [0.2, 0.25) is 5.02 Å². The summed E-state index contributed by atoms with van der Waals surface area (Å²) in [5, 5.41) is 4.88. The Hall–Kier alpha value is -2.12. The van der Waals surface area contributed by atoms with Gasteiger partial charge in [-0.25, -0.2) is 9.18 Å². The minimum absolute atomic E-state index is 0.230. The molecule has 0 fully saturated rings. The first-order chi connectivity index (χ1) is 11.4. The molecule has 0 saturated heterocycles. The molecule has 3 rings (SSSR count). The molecule has 0 aliphatic carbocycles. The molecule has 0 radical (unpaired) electrons. The second-order valence-electron chi connectivity index (χ2n) is 5.61. The fourth-order valence-electron chi connectivity index (χ4n) is 2.89. The highest BCUT2D eigenvalue weighted by Gasteiger charge is 2.34. The van der Waals surface area contributed by atoms with Crippen molar-refractivity contribution in [2.24, 2.45) is 5.73 Å². The highest BCUT2D eigenvalue weighted by molar-refractivity contribution is 7.10. The summed E-state index contributed by atoms with van der Waals surface area (Å²) in [4.78, 5) is 25.9. The first-order valence-electron chi connectivity index (χ1n) is 7.23. The Morgan fingerprint density at radius 2 is 2.25 bits per heavy atom. The molecule has 2 aromatic rings. The lowest BCUT2D eigenvalue weighted by Crippen LogP contribution is -2.52. The predicted octanol–water partition coefficient (Wildman–Crippen LogP) is 2.69. The fraction of sp³-hybridized carbons (Fsp3) is 0.250. The number of carbonyl (C=O) groups excluding carboxylic acids is 2. The van der Waals surface area contributed by atoms with Crippen molar-refractivity contribution in [1.82, 2.24) is 5.32 Å². The van der Waals surface area contributed by atoms with E-state index in [2.05, 4.69) is 5.32 Å². The standard InChI is InChI=1S/C16H15ClFN3O2S/c1-21-14-9(4-8-5-10(18)2-3-11(8)17)7-24-13(14)6-12(15(21)22)20-16(19)23/h2-3,5,7,12H,4,6H2,1H3,(H3,19,20,23)/t12-/m1/s1. The van der Waals surface area contributed by atoms with Crippen LogP contribution in [0, 0.1) is 5.82 Å². The van der Waals surface area contributed by atoms with Gasteiger partial charge in [-0.05, 0) is 34.7 Å². The molecule has 3 N–H and O–H groups in total. The number of anilines is 1. The average molecular weight is 368 g/mol. The number of carbonyl (C=O) groups is 2. The van der Waals surface area contributed by atoms with Gasteiger partial charge in [-0.1, -0.05) is 11.6 Å². The van der Waals surface area contributed by atoms with Crippen LogP contribution in [0.1, 0.15) is 16.0 Å². The highest BCUT2D eigenvalue weighted by atomic mass is 35.5. The third-order valence-electron chi connectivity index (χ3n) is 3.97. The molecular formula is C16H15ClFN3O2S. The quantitative estimate of drug-likeness (QED) is 0.875. The zero-order chi connectivity index (χ0) is 17.4. The number of urea groups is 1. The number of benzene rings is 1. The Kier molecular flexibility index (Phi) is 4.47. The molecule has 1 aromatic carbocycles. The molecule has 0 saturated carbocycles. The highest BCUT2D eigenvalue weighted by Crippen LogP contribution is 2.38. The molecule has 0 spiro atoms. The minimum Gasteiger partial charge on any atom is -0.352 e. The summed E-state index contributed by atoms with van der Waals surface area (Å²) < 4.78 is 13.5. The van der Waals surface area contributed by atoms with Crippen LogP contribution in [0.3, 0.4) is 0 Å². The van der Waals surface area contributed by atoms with E-state index in [1.54, 1.807) is 7.05 Å². The lowest BCUT2D eigenvalue weighted by atomic mass is 9.99. The van der Waals surface area contributed by atoms with Gasteiger partial charge < -0.3 is 16.0 Å². The van der Waals surface area contributed by atoms with Crippen molar-refractivity contribution >= 4 is 40.6 Å². The van der Waals surface area contributed by atoms with Crippen LogP contribution in [0.25, 0.3) is 0 Å². The zero-order valence-electron chi connectivity index (χ0n) is 12.8. The van der Waals surface area contributed by atoms with E-state index < -0.39 is 12.1 Å². The van der Waals surface area contributed by atoms with Gasteiger partial charge in [-0.2, -0.15) is 0 Å². The molecule has 1 aliphatic rings. The number of likely N-dealkylation sites (N-methyl/N-ethyl adjacent to an activating group) is 1. The summed E-state index contributed by atoms with van der Waals surface area (Å²) in [6.45, 7) is 0. The third kappa shape index (κ3) is 3.09. The van der Waals surface area contributed by atoms with Crippen molar-refractivity contribution in [3.8, 4) is 0 Å². The second kappa shape index (κ2) is 6.41. The monoisotopic (exact) mass is 367 g/mol. The van der Waals surface area contributed by atoms with Crippen LogP contribution in [-0.4, -0.2) is 25.0 Å². The molecule has 1 aliphatic heterocycles. The van der Waals surface area contributed by atoms with Crippen LogP contribution < -0.4 is 16.0 Å². The van der Waals surface area contributed by atoms with Gasteiger partial charge in [0.1, 0.15) is 11.9 Å². The van der Waals surface area contributed by atoms with Crippen LogP contribution >= 0.6 is 22.9 Å². The fourth-order valence-corrected chi connectivity index (χ4v) is 4.20. The summed E-state index contributed by atoms with van der Waals surface area (Å²) in [5.74, 6) is -0.583. The van der Waals surface area contributed by atoms with Gasteiger partial charge in [-0.3, -0.25) is 4.79 Å². The number of hydrogen-bond acceptors (Lipinski definition) is 3. The number of nitrogens with one attached hydrogen (secondary N) is 1. The number of nitrogens with zero attached hydrogens (tertiary/aromatic N) is 1. The lowest BCUT2D eigenvalue weighted by Gasteiger charge is -2.30. The van der Waals surface area contributed by atoms with Crippen molar-refractivity contribution in [3.05, 3.63) is 50.4 Å². The van der Waals surface area contributed by atoms with Gasteiger partial charge in [0, 0.05) is 29.8 Å². The van der Waals surface area contributed by atoms with E-state index in [9.17, 15) is 14.0 Å². The number of amides is 3. The molecule has 126 valence electrons. The number of rotatable bonds is 3. The second-order valence-corrected chi connectivity index (χ2v) is 6.98. The van der Waals surface area contributed by atoms with Gasteiger partial charge in [-0.15, -0.1) is 11.3 Å². The predicted molar refractivity (Wildman–Crippen MR) is 92.2 cm³/mol. The van der Waals surface area contributed by atoms with E-state index in [1.165, 1.54) is 34.4 Å². The first-order valence-corrected chi connectivity index (χ1v) is 8.49. The summed E-state index contributed by atoms with van der Waals surface area (Å²) in [7, 11) is 1.65. The number of thiophene rings is 1. The van der Waals surface area contributed by atoms with Gasteiger partial charge in [0.25, 0.3) is 0 Å². The van der Waals surface area contributed by atoms with Crippen LogP contribution in [-0.2, 0) is 17.6 Å². The van der Waals surface area contributed by atoms with E-state index >= 15 is 0 Å². The summed E-state index contributed by atoms with van der Waals surface area (Å²) >= 11 is 7.63. The number of nitrogens with two attached hydrogens (primary N) is 1. The third-order valence-corrected chi connectivity index (χ3v) is 5.39. The maximum absolute atomic E-state index is 13.5. The van der Waals surface area contributed by atoms with Gasteiger partial charge in [0.2, 0.25) is 5.91 Å². The van der Waals surface area contributed by atoms with Gasteiger partial charge in [0.15, 0.2) is 0 Å². The number of primary amides is 1. The van der Waals surface area contributed by atoms with Crippen LogP contribution in [0.4, 0.5) is 14.9 Å². The summed E-state index contributed by atoms with van der Waals surface area (Å²) in [5.41, 5.74) is 7.48. The maximum atomic E-state index is 13.5. The molecule has 0 bridgehead atoms. The number of fused-ring (bicyclic) bond motifs is 1. The van der Waals surface area contributed by atoms with Crippen molar-refractivity contribution in [1.29, 1.82) is 0 Å². The smallest absolute Gasteiger partial charge is 0.312 e. The van der Waals surface area contributed by atoms with Crippen LogP contribution in [0.5, 0.6) is 0 Å². The summed E-state index contributed by atoms with van der Waals surface area (Å²) in [6, 6.07) is 2.84. The maximum Gasteiger partial charge on any atom is 0.312 e. The summed E-state index contributed by atoms with van der Waals surface area (Å²) in [6.07, 6.45) is 0.816. The van der Waals surface area contributed by atoms with Crippen LogP contribution in [0.15, 0.2) is 23.6 Å². The Bertz CT molecular complexity index is 824. The number of halogens is 2. The normalized spacial score (nSPS) is 16.9. The topological polar surface area (TPSA) is 75.4 Å². The molecular weight excluding hydrogens is 353 g/mol. The molecule has 1 aromatic heterocycles. The first kappa shape index (κ1) is 16.7. The Labute approximate surface area is 147 Å². The Balaban J connectivity index is 1.92. The Morgan fingerprint density at radius 3 is 2.96 bits per heavy atom. The van der Waals surface area contributed by atoms with Crippen molar-refractivity contribution in [3.63, 3.8) is 0 Å². The lowest BCUT2D eigenvalue weighted by molar-refractivity contribution is -0.120. The van der Waals surface area contributed by atoms with E-state index in [-0.39, 0.29) is 11.7 Å². The molecule has 8 heteroatoms. The molecule has 24 heavy (non-hydrogen) atoms. The van der Waals surface area contributed by atoms with Gasteiger partial charge in [0.05, 0.1) is 5.69 Å². The average Bonchev–Trinajstić information content (AvgIpc) is 2.90. The SMILES string of the molecule is CN1C(=O)[C@H](NC(N)=O)Cc2scc(Cc3cc(F)ccc3Cl)c21. The van der Waals surface area contributed by atoms with E-state index in [4.69, 9.17) is 17.3 Å². The van der Waals surface area contributed by atoms with Gasteiger partial charge >= 0.3 is 6.03 Å². The molecule has 2 heterocycles. The van der Waals surface area contributed by atoms with Crippen molar-refractivity contribution < 1.29 is 14.0 Å². The molecule has 3 amide bonds. The van der Waals surface area contributed by atoms with Crippen molar-refractivity contribution in [2.75, 3.05) is 11.9 Å². The molecule has 1 atom stereocenters. The largest absolute Gasteiger partial charge is 0.352 e. The van der Waals surface area contributed by atoms with E-state index in [0.29, 0.717) is 23.4 Å². The zero-order valence-corrected chi connectivity index (χ0v) is 14.4. The van der Waals surface area contributed by atoms with Crippen molar-refractivity contribution in [2.45, 2.75) is 18.9 Å². The number of hydrogen-bond donors (Lipinski definition) is 2.